The first-order valence-corrected chi connectivity index (χ1v) is 10.3. The van der Waals surface area contributed by atoms with Crippen LogP contribution in [0.15, 0.2) is 47.4 Å². The van der Waals surface area contributed by atoms with Gasteiger partial charge in [-0.2, -0.15) is 9.57 Å². The Morgan fingerprint density at radius 1 is 1.18 bits per heavy atom. The topological polar surface area (TPSA) is 90.3 Å². The number of carbonyl (C=O) groups is 1. The van der Waals surface area contributed by atoms with E-state index in [0.29, 0.717) is 29.7 Å². The zero-order valence-corrected chi connectivity index (χ0v) is 16.2. The SMILES string of the molecule is Cc1ccc(NC(=O)C2CCN(S(=O)(=O)c3ccc(C#N)cc3)CC2)cc1F. The van der Waals surface area contributed by atoms with Gasteiger partial charge in [0, 0.05) is 24.7 Å². The van der Waals surface area contributed by atoms with Crippen LogP contribution >= 0.6 is 0 Å². The molecule has 0 aromatic heterocycles. The molecule has 1 amide bonds. The molecule has 1 aliphatic rings. The summed E-state index contributed by atoms with van der Waals surface area (Å²) in [6.45, 7) is 2.09. The molecule has 6 nitrogen and oxygen atoms in total. The second-order valence-corrected chi connectivity index (χ2v) is 8.71. The van der Waals surface area contributed by atoms with Crippen LogP contribution in [0.1, 0.15) is 24.0 Å². The molecule has 0 unspecified atom stereocenters. The molecule has 0 bridgehead atoms. The number of hydrogen-bond donors (Lipinski definition) is 1. The Hall–Kier alpha value is -2.76. The minimum Gasteiger partial charge on any atom is -0.326 e. The molecule has 8 heteroatoms. The summed E-state index contributed by atoms with van der Waals surface area (Å²) in [5.74, 6) is -0.961. The van der Waals surface area contributed by atoms with E-state index < -0.39 is 10.0 Å². The maximum absolute atomic E-state index is 13.6. The van der Waals surface area contributed by atoms with Crippen LogP contribution in [-0.2, 0) is 14.8 Å². The van der Waals surface area contributed by atoms with Crippen molar-refractivity contribution in [1.29, 1.82) is 5.26 Å². The van der Waals surface area contributed by atoms with E-state index in [1.165, 1.54) is 34.6 Å². The van der Waals surface area contributed by atoms with E-state index in [1.807, 2.05) is 6.07 Å². The van der Waals surface area contributed by atoms with Crippen molar-refractivity contribution < 1.29 is 17.6 Å². The lowest BCUT2D eigenvalue weighted by atomic mass is 9.97. The number of carbonyl (C=O) groups excluding carboxylic acids is 1. The van der Waals surface area contributed by atoms with Crippen molar-refractivity contribution in [3.63, 3.8) is 0 Å². The lowest BCUT2D eigenvalue weighted by Gasteiger charge is -2.30. The number of nitrogens with one attached hydrogen (secondary N) is 1. The van der Waals surface area contributed by atoms with Gasteiger partial charge in [-0.3, -0.25) is 4.79 Å². The fraction of sp³-hybridized carbons (Fsp3) is 0.300. The molecule has 0 aliphatic carbocycles. The van der Waals surface area contributed by atoms with Crippen LogP contribution in [0.25, 0.3) is 0 Å². The molecule has 3 rings (SSSR count). The average Bonchev–Trinajstić information content (AvgIpc) is 2.71. The molecule has 1 aliphatic heterocycles. The summed E-state index contributed by atoms with van der Waals surface area (Å²) in [5.41, 5.74) is 1.28. The van der Waals surface area contributed by atoms with E-state index in [0.717, 1.165) is 0 Å². The third-order valence-electron chi connectivity index (χ3n) is 4.89. The van der Waals surface area contributed by atoms with Gasteiger partial charge in [0.15, 0.2) is 0 Å². The first-order chi connectivity index (χ1) is 13.3. The number of aryl methyl sites for hydroxylation is 1. The van der Waals surface area contributed by atoms with Crippen molar-refractivity contribution in [3.05, 3.63) is 59.4 Å². The maximum atomic E-state index is 13.6. The van der Waals surface area contributed by atoms with Crippen molar-refractivity contribution in [2.24, 2.45) is 5.92 Å². The van der Waals surface area contributed by atoms with Gasteiger partial charge in [-0.25, -0.2) is 12.8 Å². The standard InChI is InChI=1S/C20H20FN3O3S/c1-14-2-5-17(12-19(14)21)23-20(25)16-8-10-24(11-9-16)28(26,27)18-6-3-15(13-22)4-7-18/h2-7,12,16H,8-11H2,1H3,(H,23,25). The van der Waals surface area contributed by atoms with E-state index in [1.54, 1.807) is 19.1 Å². The Kier molecular flexibility index (Phi) is 5.77. The second-order valence-electron chi connectivity index (χ2n) is 6.77. The van der Waals surface area contributed by atoms with Gasteiger partial charge >= 0.3 is 0 Å². The quantitative estimate of drug-likeness (QED) is 0.853. The molecule has 2 aromatic carbocycles. The molecule has 1 fully saturated rings. The highest BCUT2D eigenvalue weighted by molar-refractivity contribution is 7.89. The van der Waals surface area contributed by atoms with Gasteiger partial charge in [0.25, 0.3) is 0 Å². The van der Waals surface area contributed by atoms with Crippen LogP contribution < -0.4 is 5.32 Å². The first kappa shape index (κ1) is 20.0. The fourth-order valence-electron chi connectivity index (χ4n) is 3.12. The number of amides is 1. The highest BCUT2D eigenvalue weighted by Gasteiger charge is 2.32. The van der Waals surface area contributed by atoms with Gasteiger partial charge in [0.05, 0.1) is 16.5 Å². The van der Waals surface area contributed by atoms with Crippen molar-refractivity contribution in [1.82, 2.24) is 4.31 Å². The number of piperidine rings is 1. The normalized spacial score (nSPS) is 15.8. The van der Waals surface area contributed by atoms with Crippen molar-refractivity contribution >= 4 is 21.6 Å². The highest BCUT2D eigenvalue weighted by atomic mass is 32.2. The zero-order valence-electron chi connectivity index (χ0n) is 15.4. The Balaban J connectivity index is 1.62. The van der Waals surface area contributed by atoms with Crippen molar-refractivity contribution in [2.75, 3.05) is 18.4 Å². The van der Waals surface area contributed by atoms with E-state index in [-0.39, 0.29) is 35.6 Å². The zero-order chi connectivity index (χ0) is 20.3. The number of nitriles is 1. The third-order valence-corrected chi connectivity index (χ3v) is 6.80. The Labute approximate surface area is 163 Å². The van der Waals surface area contributed by atoms with Crippen LogP contribution in [0.4, 0.5) is 10.1 Å². The van der Waals surface area contributed by atoms with E-state index in [4.69, 9.17) is 5.26 Å². The monoisotopic (exact) mass is 401 g/mol. The highest BCUT2D eigenvalue weighted by Crippen LogP contribution is 2.25. The van der Waals surface area contributed by atoms with E-state index in [2.05, 4.69) is 5.32 Å². The molecular formula is C20H20FN3O3S. The average molecular weight is 401 g/mol. The summed E-state index contributed by atoms with van der Waals surface area (Å²) in [7, 11) is -3.66. The van der Waals surface area contributed by atoms with Crippen LogP contribution in [0.3, 0.4) is 0 Å². The lowest BCUT2D eigenvalue weighted by Crippen LogP contribution is -2.41. The van der Waals surface area contributed by atoms with Gasteiger partial charge in [-0.05, 0) is 61.7 Å². The number of halogens is 1. The van der Waals surface area contributed by atoms with Gasteiger partial charge in [0.2, 0.25) is 15.9 Å². The molecule has 1 saturated heterocycles. The minimum absolute atomic E-state index is 0.129. The summed E-state index contributed by atoms with van der Waals surface area (Å²) >= 11 is 0. The number of nitrogens with zero attached hydrogens (tertiary/aromatic N) is 2. The molecule has 0 radical (unpaired) electrons. The van der Waals surface area contributed by atoms with E-state index >= 15 is 0 Å². The molecule has 1 heterocycles. The van der Waals surface area contributed by atoms with Crippen LogP contribution in [0.5, 0.6) is 0 Å². The maximum Gasteiger partial charge on any atom is 0.243 e. The van der Waals surface area contributed by atoms with Gasteiger partial charge in [-0.15, -0.1) is 0 Å². The van der Waals surface area contributed by atoms with Crippen molar-refractivity contribution in [2.45, 2.75) is 24.7 Å². The molecule has 2 aromatic rings. The third kappa shape index (κ3) is 4.21. The van der Waals surface area contributed by atoms with Crippen LogP contribution in [0.2, 0.25) is 0 Å². The Bertz CT molecular complexity index is 1020. The minimum atomic E-state index is -3.66. The van der Waals surface area contributed by atoms with Crippen LogP contribution in [0, 0.1) is 30.0 Å². The summed E-state index contributed by atoms with van der Waals surface area (Å²) in [5, 5.41) is 11.5. The molecule has 28 heavy (non-hydrogen) atoms. The molecule has 0 atom stereocenters. The Morgan fingerprint density at radius 2 is 1.82 bits per heavy atom. The summed E-state index contributed by atoms with van der Waals surface area (Å²) < 4.78 is 40.4. The number of anilines is 1. The Morgan fingerprint density at radius 3 is 2.39 bits per heavy atom. The molecule has 1 N–H and O–H groups in total. The number of benzene rings is 2. The van der Waals surface area contributed by atoms with Crippen LogP contribution in [-0.4, -0.2) is 31.7 Å². The van der Waals surface area contributed by atoms with Gasteiger partial charge in [-0.1, -0.05) is 6.07 Å². The molecule has 0 spiro atoms. The lowest BCUT2D eigenvalue weighted by molar-refractivity contribution is -0.120. The van der Waals surface area contributed by atoms with Crippen molar-refractivity contribution in [3.8, 4) is 6.07 Å². The predicted octanol–water partition coefficient (Wildman–Crippen LogP) is 3.05. The van der Waals surface area contributed by atoms with E-state index in [9.17, 15) is 17.6 Å². The van der Waals surface area contributed by atoms with Gasteiger partial charge in [0.1, 0.15) is 5.82 Å². The molecule has 146 valence electrons. The number of hydrogen-bond acceptors (Lipinski definition) is 4. The first-order valence-electron chi connectivity index (χ1n) is 8.88. The molecule has 0 saturated carbocycles. The number of rotatable bonds is 4. The van der Waals surface area contributed by atoms with Gasteiger partial charge < -0.3 is 5.32 Å². The second kappa shape index (κ2) is 8.09. The summed E-state index contributed by atoms with van der Waals surface area (Å²) in [4.78, 5) is 12.6. The smallest absolute Gasteiger partial charge is 0.243 e. The summed E-state index contributed by atoms with van der Waals surface area (Å²) in [6, 6.07) is 12.2. The largest absolute Gasteiger partial charge is 0.326 e. The predicted molar refractivity (Wildman–Crippen MR) is 102 cm³/mol. The molecular weight excluding hydrogens is 381 g/mol. The number of sulfonamides is 1. The summed E-state index contributed by atoms with van der Waals surface area (Å²) in [6.07, 6.45) is 0.769. The fourth-order valence-corrected chi connectivity index (χ4v) is 4.59.